The summed E-state index contributed by atoms with van der Waals surface area (Å²) in [5.74, 6) is -1.63. The maximum Gasteiger partial charge on any atom is 0.295 e. The van der Waals surface area contributed by atoms with Gasteiger partial charge in [0.05, 0.1) is 4.92 Å². The first-order chi connectivity index (χ1) is 8.99. The number of nitrogens with zero attached hydrogens (tertiary/aromatic N) is 1. The molecule has 6 heteroatoms. The zero-order valence-electron chi connectivity index (χ0n) is 10.7. The number of anilines is 1. The molecule has 0 bridgehead atoms. The Kier molecular flexibility index (Phi) is 3.97. The molecule has 19 heavy (non-hydrogen) atoms. The summed E-state index contributed by atoms with van der Waals surface area (Å²) in [5, 5.41) is 13.7. The van der Waals surface area contributed by atoms with Crippen LogP contribution in [0.15, 0.2) is 12.1 Å². The number of halogens is 2. The minimum Gasteiger partial charge on any atom is -0.374 e. The number of hydrogen-bond donors (Lipinski definition) is 1. The highest BCUT2D eigenvalue weighted by Crippen LogP contribution is 2.33. The molecule has 1 fully saturated rings. The molecule has 0 saturated heterocycles. The summed E-state index contributed by atoms with van der Waals surface area (Å²) in [5.41, 5.74) is -0.748. The van der Waals surface area contributed by atoms with E-state index in [9.17, 15) is 18.9 Å². The third kappa shape index (κ3) is 3.00. The van der Waals surface area contributed by atoms with Crippen LogP contribution in [-0.4, -0.2) is 11.0 Å². The second kappa shape index (κ2) is 5.50. The van der Waals surface area contributed by atoms with Crippen LogP contribution in [0.1, 0.15) is 32.6 Å². The summed E-state index contributed by atoms with van der Waals surface area (Å²) in [6.45, 7) is 2.14. The van der Waals surface area contributed by atoms with E-state index in [1.165, 1.54) is 0 Å². The van der Waals surface area contributed by atoms with Gasteiger partial charge in [-0.05, 0) is 37.7 Å². The van der Waals surface area contributed by atoms with Gasteiger partial charge in [-0.15, -0.1) is 0 Å². The van der Waals surface area contributed by atoms with Crippen molar-refractivity contribution >= 4 is 11.4 Å². The van der Waals surface area contributed by atoms with E-state index in [1.54, 1.807) is 0 Å². The Morgan fingerprint density at radius 1 is 1.26 bits per heavy atom. The molecule has 0 unspecified atom stereocenters. The Hall–Kier alpha value is -1.72. The Morgan fingerprint density at radius 3 is 2.47 bits per heavy atom. The van der Waals surface area contributed by atoms with E-state index < -0.39 is 22.2 Å². The monoisotopic (exact) mass is 270 g/mol. The minimum atomic E-state index is -1.17. The molecule has 1 N–H and O–H groups in total. The van der Waals surface area contributed by atoms with Crippen molar-refractivity contribution in [3.05, 3.63) is 33.9 Å². The molecule has 2 rings (SSSR count). The van der Waals surface area contributed by atoms with Gasteiger partial charge in [0.25, 0.3) is 5.69 Å². The van der Waals surface area contributed by atoms with Crippen LogP contribution >= 0.6 is 0 Å². The zero-order valence-corrected chi connectivity index (χ0v) is 10.7. The summed E-state index contributed by atoms with van der Waals surface area (Å²) < 4.78 is 26.9. The molecule has 1 saturated carbocycles. The van der Waals surface area contributed by atoms with E-state index in [2.05, 4.69) is 12.2 Å². The molecule has 0 atom stereocenters. The Labute approximate surface area is 110 Å². The predicted molar refractivity (Wildman–Crippen MR) is 68.1 cm³/mol. The lowest BCUT2D eigenvalue weighted by Crippen LogP contribution is -2.26. The summed E-state index contributed by atoms with van der Waals surface area (Å²) in [6.07, 6.45) is 3.60. The molecule has 0 heterocycles. The maximum atomic E-state index is 13.7. The highest BCUT2D eigenvalue weighted by Gasteiger charge is 2.25. The zero-order chi connectivity index (χ0) is 14.0. The number of nitro groups is 1. The molecule has 0 spiro atoms. The summed E-state index contributed by atoms with van der Waals surface area (Å²) in [7, 11) is 0. The van der Waals surface area contributed by atoms with Gasteiger partial charge >= 0.3 is 0 Å². The number of hydrogen-bond acceptors (Lipinski definition) is 3. The van der Waals surface area contributed by atoms with Crippen LogP contribution in [0.4, 0.5) is 20.2 Å². The van der Waals surface area contributed by atoms with Gasteiger partial charge in [0.2, 0.25) is 0 Å². The summed E-state index contributed by atoms with van der Waals surface area (Å²) >= 11 is 0. The normalized spacial score (nSPS) is 23.1. The number of benzene rings is 1. The third-order valence-electron chi connectivity index (χ3n) is 3.63. The fourth-order valence-electron chi connectivity index (χ4n) is 2.44. The number of nitro benzene ring substituents is 1. The van der Waals surface area contributed by atoms with Crippen molar-refractivity contribution in [2.75, 3.05) is 5.32 Å². The van der Waals surface area contributed by atoms with Crippen LogP contribution in [0.5, 0.6) is 0 Å². The first-order valence-electron chi connectivity index (χ1n) is 6.38. The summed E-state index contributed by atoms with van der Waals surface area (Å²) in [6, 6.07) is 1.74. The molecular formula is C13H16F2N2O2. The SMILES string of the molecule is CC1CCC(Nc2c([N+](=O)[O-])ccc(F)c2F)CC1. The van der Waals surface area contributed by atoms with E-state index in [-0.39, 0.29) is 11.7 Å². The van der Waals surface area contributed by atoms with E-state index in [0.717, 1.165) is 37.8 Å². The quantitative estimate of drug-likeness (QED) is 0.670. The van der Waals surface area contributed by atoms with Gasteiger partial charge in [0.1, 0.15) is 0 Å². The average molecular weight is 270 g/mol. The van der Waals surface area contributed by atoms with Crippen LogP contribution in [0.25, 0.3) is 0 Å². The average Bonchev–Trinajstić information content (AvgIpc) is 2.37. The van der Waals surface area contributed by atoms with Gasteiger partial charge in [-0.1, -0.05) is 6.92 Å². The van der Waals surface area contributed by atoms with E-state index in [1.807, 2.05) is 0 Å². The standard InChI is InChI=1S/C13H16F2N2O2/c1-8-2-4-9(5-3-8)16-13-11(17(18)19)7-6-10(14)12(13)15/h6-9,16H,2-5H2,1H3. The maximum absolute atomic E-state index is 13.7. The van der Waals surface area contributed by atoms with Gasteiger partial charge < -0.3 is 5.32 Å². The van der Waals surface area contributed by atoms with Gasteiger partial charge in [-0.25, -0.2) is 8.78 Å². The van der Waals surface area contributed by atoms with Crippen LogP contribution in [0.3, 0.4) is 0 Å². The molecule has 4 nitrogen and oxygen atoms in total. The first kappa shape index (κ1) is 13.7. The van der Waals surface area contributed by atoms with Crippen molar-refractivity contribution < 1.29 is 13.7 Å². The molecule has 1 aromatic carbocycles. The highest BCUT2D eigenvalue weighted by molar-refractivity contribution is 5.63. The lowest BCUT2D eigenvalue weighted by atomic mass is 9.87. The molecule has 0 aliphatic heterocycles. The summed E-state index contributed by atoms with van der Waals surface area (Å²) in [4.78, 5) is 10.2. The fraction of sp³-hybridized carbons (Fsp3) is 0.538. The topological polar surface area (TPSA) is 55.2 Å². The van der Waals surface area contributed by atoms with Crippen molar-refractivity contribution in [2.45, 2.75) is 38.6 Å². The number of nitrogens with one attached hydrogen (secondary N) is 1. The Morgan fingerprint density at radius 2 is 1.89 bits per heavy atom. The van der Waals surface area contributed by atoms with Gasteiger partial charge in [0.15, 0.2) is 17.3 Å². The molecule has 1 aromatic rings. The van der Waals surface area contributed by atoms with Crippen LogP contribution in [0.2, 0.25) is 0 Å². The molecule has 1 aliphatic rings. The molecular weight excluding hydrogens is 254 g/mol. The van der Waals surface area contributed by atoms with E-state index in [4.69, 9.17) is 0 Å². The molecule has 0 radical (unpaired) electrons. The predicted octanol–water partition coefficient (Wildman–Crippen LogP) is 3.86. The fourth-order valence-corrected chi connectivity index (χ4v) is 2.44. The van der Waals surface area contributed by atoms with Crippen LogP contribution in [-0.2, 0) is 0 Å². The smallest absolute Gasteiger partial charge is 0.295 e. The van der Waals surface area contributed by atoms with Crippen LogP contribution < -0.4 is 5.32 Å². The van der Waals surface area contributed by atoms with Crippen molar-refractivity contribution in [1.82, 2.24) is 0 Å². The Bertz CT molecular complexity index is 486. The van der Waals surface area contributed by atoms with Gasteiger partial charge in [0, 0.05) is 12.1 Å². The largest absolute Gasteiger partial charge is 0.374 e. The van der Waals surface area contributed by atoms with Crippen molar-refractivity contribution in [2.24, 2.45) is 5.92 Å². The van der Waals surface area contributed by atoms with Crippen molar-refractivity contribution in [1.29, 1.82) is 0 Å². The van der Waals surface area contributed by atoms with E-state index >= 15 is 0 Å². The molecule has 0 aromatic heterocycles. The third-order valence-corrected chi connectivity index (χ3v) is 3.63. The Balaban J connectivity index is 2.23. The molecule has 1 aliphatic carbocycles. The second-order valence-corrected chi connectivity index (χ2v) is 5.11. The highest BCUT2D eigenvalue weighted by atomic mass is 19.2. The molecule has 0 amide bonds. The van der Waals surface area contributed by atoms with Crippen LogP contribution in [0, 0.1) is 27.7 Å². The lowest BCUT2D eigenvalue weighted by Gasteiger charge is -2.27. The molecule has 104 valence electrons. The second-order valence-electron chi connectivity index (χ2n) is 5.11. The van der Waals surface area contributed by atoms with Crippen molar-refractivity contribution in [3.63, 3.8) is 0 Å². The van der Waals surface area contributed by atoms with E-state index in [0.29, 0.717) is 5.92 Å². The first-order valence-corrected chi connectivity index (χ1v) is 6.38. The number of rotatable bonds is 3. The lowest BCUT2D eigenvalue weighted by molar-refractivity contribution is -0.384. The minimum absolute atomic E-state index is 0.0359. The van der Waals surface area contributed by atoms with Gasteiger partial charge in [-0.3, -0.25) is 10.1 Å². The van der Waals surface area contributed by atoms with Crippen molar-refractivity contribution in [3.8, 4) is 0 Å². The van der Waals surface area contributed by atoms with Gasteiger partial charge in [-0.2, -0.15) is 0 Å².